The van der Waals surface area contributed by atoms with E-state index in [1.807, 2.05) is 4.90 Å². The summed E-state index contributed by atoms with van der Waals surface area (Å²) in [6.45, 7) is 6.05. The zero-order valence-corrected chi connectivity index (χ0v) is 13.5. The minimum atomic E-state index is -0.0922. The maximum atomic E-state index is 12.4. The van der Waals surface area contributed by atoms with Crippen LogP contribution in [0.25, 0.3) is 0 Å². The normalized spacial score (nSPS) is 15.1. The predicted octanol–water partition coefficient (Wildman–Crippen LogP) is 2.12. The van der Waals surface area contributed by atoms with Crippen LogP contribution in [0.5, 0.6) is 0 Å². The Hall–Kier alpha value is -2.56. The van der Waals surface area contributed by atoms with Gasteiger partial charge >= 0.3 is 0 Å². The van der Waals surface area contributed by atoms with Gasteiger partial charge in [0.2, 0.25) is 5.91 Å². The number of carbonyl (C=O) groups excluding carboxylic acids is 2. The second kappa shape index (κ2) is 6.28. The molecule has 0 bridgehead atoms. The van der Waals surface area contributed by atoms with Crippen LogP contribution in [-0.4, -0.2) is 46.2 Å². The van der Waals surface area contributed by atoms with Crippen LogP contribution in [0.1, 0.15) is 27.0 Å². The number of rotatable bonds is 3. The fourth-order valence-corrected chi connectivity index (χ4v) is 2.81. The van der Waals surface area contributed by atoms with E-state index in [9.17, 15) is 9.59 Å². The summed E-state index contributed by atoms with van der Waals surface area (Å²) in [6.07, 6.45) is 3.37. The van der Waals surface area contributed by atoms with Crippen LogP contribution in [0.15, 0.2) is 36.7 Å². The van der Waals surface area contributed by atoms with E-state index in [2.05, 4.69) is 37.0 Å². The van der Waals surface area contributed by atoms with Gasteiger partial charge in [-0.25, -0.2) is 0 Å². The molecule has 1 saturated heterocycles. The number of hydrogen-bond donors (Lipinski definition) is 1. The molecule has 1 aliphatic rings. The van der Waals surface area contributed by atoms with Gasteiger partial charge in [0.15, 0.2) is 0 Å². The molecule has 3 rings (SSSR count). The smallest absolute Gasteiger partial charge is 0.255 e. The van der Waals surface area contributed by atoms with Gasteiger partial charge in [-0.3, -0.25) is 9.59 Å². The summed E-state index contributed by atoms with van der Waals surface area (Å²) < 4.78 is 0. The zero-order chi connectivity index (χ0) is 16.4. The highest BCUT2D eigenvalue weighted by Crippen LogP contribution is 2.15. The molecule has 5 heteroatoms. The highest BCUT2D eigenvalue weighted by Gasteiger charge is 2.27. The third-order valence-corrected chi connectivity index (χ3v) is 4.40. The molecule has 2 heterocycles. The largest absolute Gasteiger partial charge is 0.367 e. The fourth-order valence-electron chi connectivity index (χ4n) is 2.81. The summed E-state index contributed by atoms with van der Waals surface area (Å²) in [5.41, 5.74) is 4.21. The summed E-state index contributed by atoms with van der Waals surface area (Å²) in [5, 5.41) is 0. The Morgan fingerprint density at radius 2 is 2.00 bits per heavy atom. The molecule has 0 aliphatic carbocycles. The van der Waals surface area contributed by atoms with Crippen molar-refractivity contribution in [3.05, 3.63) is 58.9 Å². The SMILES string of the molecule is Cc1ccc(CN2CCN(C(=O)c3cc[nH]c3)CC2=O)cc1C. The Balaban J connectivity index is 1.63. The van der Waals surface area contributed by atoms with E-state index in [0.29, 0.717) is 25.2 Å². The van der Waals surface area contributed by atoms with Gasteiger partial charge in [-0.15, -0.1) is 0 Å². The molecule has 0 saturated carbocycles. The third-order valence-electron chi connectivity index (χ3n) is 4.40. The molecule has 2 amide bonds. The molecule has 23 heavy (non-hydrogen) atoms. The molecule has 1 fully saturated rings. The first kappa shape index (κ1) is 15.3. The number of piperazine rings is 1. The summed E-state index contributed by atoms with van der Waals surface area (Å²) in [6, 6.07) is 8.00. The number of aromatic amines is 1. The number of aryl methyl sites for hydroxylation is 2. The lowest BCUT2D eigenvalue weighted by Crippen LogP contribution is -2.51. The molecule has 5 nitrogen and oxygen atoms in total. The minimum absolute atomic E-state index is 0.00152. The van der Waals surface area contributed by atoms with Crippen molar-refractivity contribution in [2.75, 3.05) is 19.6 Å². The minimum Gasteiger partial charge on any atom is -0.367 e. The summed E-state index contributed by atoms with van der Waals surface area (Å²) in [4.78, 5) is 31.0. The Kier molecular flexibility index (Phi) is 4.19. The molecule has 0 spiro atoms. The van der Waals surface area contributed by atoms with E-state index in [4.69, 9.17) is 0 Å². The van der Waals surface area contributed by atoms with E-state index in [1.165, 1.54) is 11.1 Å². The van der Waals surface area contributed by atoms with Crippen molar-refractivity contribution in [3.8, 4) is 0 Å². The maximum absolute atomic E-state index is 12.4. The van der Waals surface area contributed by atoms with E-state index < -0.39 is 0 Å². The lowest BCUT2D eigenvalue weighted by atomic mass is 10.1. The zero-order valence-electron chi connectivity index (χ0n) is 13.5. The third kappa shape index (κ3) is 3.28. The average molecular weight is 311 g/mol. The van der Waals surface area contributed by atoms with Crippen molar-refractivity contribution in [3.63, 3.8) is 0 Å². The van der Waals surface area contributed by atoms with Gasteiger partial charge in [-0.2, -0.15) is 0 Å². The molecule has 1 aromatic carbocycles. The van der Waals surface area contributed by atoms with Gasteiger partial charge in [0, 0.05) is 32.0 Å². The lowest BCUT2D eigenvalue weighted by molar-refractivity contribution is -0.135. The molecule has 1 aliphatic heterocycles. The first-order chi connectivity index (χ1) is 11.0. The number of hydrogen-bond acceptors (Lipinski definition) is 2. The molecule has 1 aromatic heterocycles. The van der Waals surface area contributed by atoms with Crippen molar-refractivity contribution in [2.45, 2.75) is 20.4 Å². The summed E-state index contributed by atoms with van der Waals surface area (Å²) in [7, 11) is 0. The van der Waals surface area contributed by atoms with Crippen LogP contribution in [0.3, 0.4) is 0 Å². The highest BCUT2D eigenvalue weighted by atomic mass is 16.2. The number of amides is 2. The highest BCUT2D eigenvalue weighted by molar-refractivity contribution is 5.96. The Morgan fingerprint density at radius 1 is 1.17 bits per heavy atom. The standard InChI is InChI=1S/C18H21N3O2/c1-13-3-4-15(9-14(13)2)11-20-7-8-21(12-17(20)22)18(23)16-5-6-19-10-16/h3-6,9-10,19H,7-8,11-12H2,1-2H3. The monoisotopic (exact) mass is 311 g/mol. The maximum Gasteiger partial charge on any atom is 0.255 e. The van der Waals surface area contributed by atoms with E-state index >= 15 is 0 Å². The first-order valence-corrected chi connectivity index (χ1v) is 7.80. The molecule has 2 aromatic rings. The molecular formula is C18H21N3O2. The van der Waals surface area contributed by atoms with Crippen molar-refractivity contribution in [1.29, 1.82) is 0 Å². The molecule has 0 atom stereocenters. The quantitative estimate of drug-likeness (QED) is 0.944. The molecular weight excluding hydrogens is 290 g/mol. The van der Waals surface area contributed by atoms with Crippen molar-refractivity contribution in [1.82, 2.24) is 14.8 Å². The number of carbonyl (C=O) groups is 2. The summed E-state index contributed by atoms with van der Waals surface area (Å²) in [5.74, 6) is -0.0937. The van der Waals surface area contributed by atoms with Crippen LogP contribution in [0.2, 0.25) is 0 Å². The van der Waals surface area contributed by atoms with Crippen molar-refractivity contribution < 1.29 is 9.59 Å². The van der Waals surface area contributed by atoms with E-state index in [-0.39, 0.29) is 18.4 Å². The number of nitrogens with one attached hydrogen (secondary N) is 1. The van der Waals surface area contributed by atoms with Crippen LogP contribution in [0.4, 0.5) is 0 Å². The van der Waals surface area contributed by atoms with E-state index in [1.54, 1.807) is 23.4 Å². The number of nitrogens with zero attached hydrogens (tertiary/aromatic N) is 2. The number of benzene rings is 1. The second-order valence-electron chi connectivity index (χ2n) is 6.06. The average Bonchev–Trinajstić information content (AvgIpc) is 3.06. The van der Waals surface area contributed by atoms with Gasteiger partial charge in [-0.1, -0.05) is 18.2 Å². The Morgan fingerprint density at radius 3 is 2.65 bits per heavy atom. The van der Waals surface area contributed by atoms with Crippen molar-refractivity contribution in [2.24, 2.45) is 0 Å². The number of aromatic nitrogens is 1. The topological polar surface area (TPSA) is 56.4 Å². The van der Waals surface area contributed by atoms with Crippen molar-refractivity contribution >= 4 is 11.8 Å². The van der Waals surface area contributed by atoms with Crippen LogP contribution >= 0.6 is 0 Å². The predicted molar refractivity (Wildman–Crippen MR) is 88.0 cm³/mol. The lowest BCUT2D eigenvalue weighted by Gasteiger charge is -2.34. The first-order valence-electron chi connectivity index (χ1n) is 7.80. The fraction of sp³-hybridized carbons (Fsp3) is 0.333. The van der Waals surface area contributed by atoms with Gasteiger partial charge in [-0.05, 0) is 36.6 Å². The van der Waals surface area contributed by atoms with Crippen LogP contribution in [-0.2, 0) is 11.3 Å². The summed E-state index contributed by atoms with van der Waals surface area (Å²) >= 11 is 0. The van der Waals surface area contributed by atoms with Crippen LogP contribution in [0, 0.1) is 13.8 Å². The molecule has 0 radical (unpaired) electrons. The Labute approximate surface area is 135 Å². The van der Waals surface area contributed by atoms with Gasteiger partial charge in [0.25, 0.3) is 5.91 Å². The molecule has 1 N–H and O–H groups in total. The van der Waals surface area contributed by atoms with Gasteiger partial charge < -0.3 is 14.8 Å². The molecule has 0 unspecified atom stereocenters. The molecule has 120 valence electrons. The van der Waals surface area contributed by atoms with E-state index in [0.717, 1.165) is 5.56 Å². The van der Waals surface area contributed by atoms with Gasteiger partial charge in [0.05, 0.1) is 5.56 Å². The second-order valence-corrected chi connectivity index (χ2v) is 6.06. The van der Waals surface area contributed by atoms with Crippen LogP contribution < -0.4 is 0 Å². The Bertz CT molecular complexity index is 722. The van der Waals surface area contributed by atoms with Gasteiger partial charge in [0.1, 0.15) is 6.54 Å². The number of H-pyrrole nitrogens is 1.